The van der Waals surface area contributed by atoms with Gasteiger partial charge in [0.05, 0.1) is 13.2 Å². The van der Waals surface area contributed by atoms with E-state index in [1.807, 2.05) is 4.90 Å². The van der Waals surface area contributed by atoms with Gasteiger partial charge in [0.15, 0.2) is 0 Å². The van der Waals surface area contributed by atoms with E-state index in [1.165, 1.54) is 6.42 Å². The molecule has 0 aromatic rings. The number of hydrogen-bond donors (Lipinski definition) is 1. The van der Waals surface area contributed by atoms with Crippen molar-refractivity contribution in [1.29, 1.82) is 0 Å². The molecule has 1 fully saturated rings. The first-order chi connectivity index (χ1) is 7.84. The molecule has 1 heterocycles. The van der Waals surface area contributed by atoms with E-state index >= 15 is 0 Å². The van der Waals surface area contributed by atoms with Crippen molar-refractivity contribution < 1.29 is 9.53 Å². The maximum atomic E-state index is 11.6. The third-order valence-corrected chi connectivity index (χ3v) is 2.80. The zero-order valence-electron chi connectivity index (χ0n) is 10.3. The summed E-state index contributed by atoms with van der Waals surface area (Å²) in [4.78, 5) is 13.5. The minimum atomic E-state index is 0.228. The van der Waals surface area contributed by atoms with Crippen LogP contribution in [0.15, 0.2) is 0 Å². The Hall–Kier alpha value is -0.610. The van der Waals surface area contributed by atoms with Crippen LogP contribution in [0.1, 0.15) is 32.6 Å². The molecule has 0 saturated carbocycles. The van der Waals surface area contributed by atoms with Crippen LogP contribution in [0.25, 0.3) is 0 Å². The van der Waals surface area contributed by atoms with Crippen LogP contribution in [0.4, 0.5) is 0 Å². The standard InChI is InChI=1S/C12H24N2O2/c1-2-3-9-16-10-6-13-11-12(15)14-7-4-5-8-14/h13H,2-11H2,1H3. The number of unbranched alkanes of at least 4 members (excludes halogenated alkanes) is 1. The Morgan fingerprint density at radius 2 is 2.06 bits per heavy atom. The average Bonchev–Trinajstić information content (AvgIpc) is 2.81. The highest BCUT2D eigenvalue weighted by molar-refractivity contribution is 5.78. The summed E-state index contributed by atoms with van der Waals surface area (Å²) in [5.74, 6) is 0.228. The lowest BCUT2D eigenvalue weighted by atomic mass is 10.4. The fourth-order valence-electron chi connectivity index (χ4n) is 1.77. The largest absolute Gasteiger partial charge is 0.380 e. The zero-order valence-corrected chi connectivity index (χ0v) is 10.3. The van der Waals surface area contributed by atoms with Gasteiger partial charge in [-0.1, -0.05) is 13.3 Å². The van der Waals surface area contributed by atoms with Crippen LogP contribution >= 0.6 is 0 Å². The van der Waals surface area contributed by atoms with Crippen molar-refractivity contribution in [1.82, 2.24) is 10.2 Å². The molecule has 94 valence electrons. The topological polar surface area (TPSA) is 41.6 Å². The summed E-state index contributed by atoms with van der Waals surface area (Å²) in [6, 6.07) is 0. The van der Waals surface area contributed by atoms with E-state index in [2.05, 4.69) is 12.2 Å². The fraction of sp³-hybridized carbons (Fsp3) is 0.917. The summed E-state index contributed by atoms with van der Waals surface area (Å²) in [5.41, 5.74) is 0. The van der Waals surface area contributed by atoms with Crippen molar-refractivity contribution in [3.05, 3.63) is 0 Å². The highest BCUT2D eigenvalue weighted by atomic mass is 16.5. The van der Waals surface area contributed by atoms with Gasteiger partial charge in [0.25, 0.3) is 0 Å². The molecule has 1 aliphatic heterocycles. The number of carbonyl (C=O) groups is 1. The molecule has 0 aromatic carbocycles. The molecule has 0 aliphatic carbocycles. The summed E-state index contributed by atoms with van der Waals surface area (Å²) in [5, 5.41) is 3.12. The van der Waals surface area contributed by atoms with Gasteiger partial charge in [-0.25, -0.2) is 0 Å². The predicted molar refractivity (Wildman–Crippen MR) is 64.4 cm³/mol. The second-order valence-corrected chi connectivity index (χ2v) is 4.23. The number of nitrogens with zero attached hydrogens (tertiary/aromatic N) is 1. The van der Waals surface area contributed by atoms with Crippen LogP contribution < -0.4 is 5.32 Å². The third kappa shape index (κ3) is 5.47. The van der Waals surface area contributed by atoms with E-state index in [0.29, 0.717) is 13.2 Å². The van der Waals surface area contributed by atoms with Gasteiger partial charge in [0, 0.05) is 26.2 Å². The second-order valence-electron chi connectivity index (χ2n) is 4.23. The summed E-state index contributed by atoms with van der Waals surface area (Å²) in [6.07, 6.45) is 4.60. The van der Waals surface area contributed by atoms with Crippen LogP contribution in [0.5, 0.6) is 0 Å². The smallest absolute Gasteiger partial charge is 0.236 e. The van der Waals surface area contributed by atoms with Crippen molar-refractivity contribution in [2.45, 2.75) is 32.6 Å². The first-order valence-electron chi connectivity index (χ1n) is 6.41. The van der Waals surface area contributed by atoms with E-state index in [1.54, 1.807) is 0 Å². The molecule has 4 nitrogen and oxygen atoms in total. The van der Waals surface area contributed by atoms with Crippen molar-refractivity contribution in [3.63, 3.8) is 0 Å². The monoisotopic (exact) mass is 228 g/mol. The van der Waals surface area contributed by atoms with Crippen LogP contribution in [-0.2, 0) is 9.53 Å². The molecule has 0 unspecified atom stereocenters. The number of rotatable bonds is 8. The Kier molecular flexibility index (Phi) is 7.17. The van der Waals surface area contributed by atoms with Gasteiger partial charge in [-0.3, -0.25) is 4.79 Å². The van der Waals surface area contributed by atoms with Crippen molar-refractivity contribution in [3.8, 4) is 0 Å². The van der Waals surface area contributed by atoms with Crippen LogP contribution in [0.2, 0.25) is 0 Å². The first kappa shape index (κ1) is 13.5. The van der Waals surface area contributed by atoms with E-state index in [-0.39, 0.29) is 5.91 Å². The maximum absolute atomic E-state index is 11.6. The Balaban J connectivity index is 1.88. The van der Waals surface area contributed by atoms with Crippen molar-refractivity contribution in [2.24, 2.45) is 0 Å². The predicted octanol–water partition coefficient (Wildman–Crippen LogP) is 1.02. The Labute approximate surface area is 98.3 Å². The summed E-state index contributed by atoms with van der Waals surface area (Å²) >= 11 is 0. The van der Waals surface area contributed by atoms with Crippen molar-refractivity contribution >= 4 is 5.91 Å². The minimum absolute atomic E-state index is 0.228. The summed E-state index contributed by atoms with van der Waals surface area (Å²) in [7, 11) is 0. The molecule has 0 aromatic heterocycles. The van der Waals surface area contributed by atoms with E-state index in [9.17, 15) is 4.79 Å². The van der Waals surface area contributed by atoms with Gasteiger partial charge < -0.3 is 15.0 Å². The molecule has 1 amide bonds. The van der Waals surface area contributed by atoms with Crippen LogP contribution in [-0.4, -0.2) is 50.2 Å². The SMILES string of the molecule is CCCCOCCNCC(=O)N1CCCC1. The Morgan fingerprint density at radius 1 is 1.31 bits per heavy atom. The van der Waals surface area contributed by atoms with E-state index in [4.69, 9.17) is 4.74 Å². The molecule has 0 bridgehead atoms. The summed E-state index contributed by atoms with van der Waals surface area (Å²) < 4.78 is 5.39. The molecule has 1 N–H and O–H groups in total. The molecule has 1 aliphatic rings. The zero-order chi connectivity index (χ0) is 11.6. The highest BCUT2D eigenvalue weighted by Crippen LogP contribution is 2.06. The molecular weight excluding hydrogens is 204 g/mol. The number of carbonyl (C=O) groups excluding carboxylic acids is 1. The van der Waals surface area contributed by atoms with Gasteiger partial charge in [-0.2, -0.15) is 0 Å². The molecular formula is C12H24N2O2. The van der Waals surface area contributed by atoms with Crippen molar-refractivity contribution in [2.75, 3.05) is 39.4 Å². The number of nitrogens with one attached hydrogen (secondary N) is 1. The van der Waals surface area contributed by atoms with Crippen LogP contribution in [0.3, 0.4) is 0 Å². The maximum Gasteiger partial charge on any atom is 0.236 e. The minimum Gasteiger partial charge on any atom is -0.380 e. The molecule has 0 radical (unpaired) electrons. The first-order valence-corrected chi connectivity index (χ1v) is 6.41. The van der Waals surface area contributed by atoms with Crippen LogP contribution in [0, 0.1) is 0 Å². The van der Waals surface area contributed by atoms with Gasteiger partial charge in [-0.15, -0.1) is 0 Å². The third-order valence-electron chi connectivity index (χ3n) is 2.80. The van der Waals surface area contributed by atoms with Gasteiger partial charge in [0.1, 0.15) is 0 Å². The number of amides is 1. The average molecular weight is 228 g/mol. The lowest BCUT2D eigenvalue weighted by Crippen LogP contribution is -2.37. The quantitative estimate of drug-likeness (QED) is 0.631. The van der Waals surface area contributed by atoms with Gasteiger partial charge >= 0.3 is 0 Å². The number of ether oxygens (including phenoxy) is 1. The highest BCUT2D eigenvalue weighted by Gasteiger charge is 2.16. The second kappa shape index (κ2) is 8.53. The molecule has 4 heteroatoms. The lowest BCUT2D eigenvalue weighted by molar-refractivity contribution is -0.129. The molecule has 16 heavy (non-hydrogen) atoms. The molecule has 0 atom stereocenters. The molecule has 1 rings (SSSR count). The van der Waals surface area contributed by atoms with E-state index in [0.717, 1.165) is 45.5 Å². The fourth-order valence-corrected chi connectivity index (χ4v) is 1.77. The lowest BCUT2D eigenvalue weighted by Gasteiger charge is -2.15. The number of hydrogen-bond acceptors (Lipinski definition) is 3. The van der Waals surface area contributed by atoms with Gasteiger partial charge in [0.2, 0.25) is 5.91 Å². The van der Waals surface area contributed by atoms with Gasteiger partial charge in [-0.05, 0) is 19.3 Å². The normalized spacial score (nSPS) is 15.7. The summed E-state index contributed by atoms with van der Waals surface area (Å²) in [6.45, 7) is 6.78. The molecule has 1 saturated heterocycles. The number of likely N-dealkylation sites (tertiary alicyclic amines) is 1. The van der Waals surface area contributed by atoms with E-state index < -0.39 is 0 Å². The Bertz CT molecular complexity index is 191. The Morgan fingerprint density at radius 3 is 2.75 bits per heavy atom. The molecule has 0 spiro atoms.